The van der Waals surface area contributed by atoms with Gasteiger partial charge >= 0.3 is 5.97 Å². The van der Waals surface area contributed by atoms with E-state index in [2.05, 4.69) is 20.9 Å². The lowest BCUT2D eigenvalue weighted by Gasteiger charge is -2.19. The van der Waals surface area contributed by atoms with Gasteiger partial charge in [-0.15, -0.1) is 0 Å². The van der Waals surface area contributed by atoms with Gasteiger partial charge in [0.05, 0.1) is 26.1 Å². The van der Waals surface area contributed by atoms with Crippen LogP contribution in [-0.2, 0) is 19.1 Å². The van der Waals surface area contributed by atoms with Crippen LogP contribution in [0.5, 0.6) is 0 Å². The van der Waals surface area contributed by atoms with E-state index in [-0.39, 0.29) is 24.8 Å². The monoisotopic (exact) mass is 522 g/mol. The van der Waals surface area contributed by atoms with Crippen molar-refractivity contribution in [2.75, 3.05) is 25.5 Å². The highest BCUT2D eigenvalue weighted by Crippen LogP contribution is 2.25. The minimum Gasteiger partial charge on any atom is -0.469 e. The third kappa shape index (κ3) is 9.57. The molecule has 0 aliphatic heterocycles. The Labute approximate surface area is 221 Å². The minimum atomic E-state index is -0.589. The molecule has 3 aromatic rings. The molecule has 3 N–H and O–H groups in total. The van der Waals surface area contributed by atoms with E-state index in [1.165, 1.54) is 7.11 Å². The molecule has 1 unspecified atom stereocenters. The summed E-state index contributed by atoms with van der Waals surface area (Å²) in [5, 5.41) is 9.32. The fourth-order valence-corrected chi connectivity index (χ4v) is 3.79. The average Bonchev–Trinajstić information content (AvgIpc) is 2.92. The number of anilines is 1. The third-order valence-corrected chi connectivity index (χ3v) is 5.92. The Kier molecular flexibility index (Phi) is 10.9. The minimum absolute atomic E-state index is 0.0280. The van der Waals surface area contributed by atoms with Crippen LogP contribution in [0, 0.1) is 0 Å². The summed E-state index contributed by atoms with van der Waals surface area (Å²) in [6.07, 6.45) is 3.48. The second-order valence-electron chi connectivity index (χ2n) is 8.40. The summed E-state index contributed by atoms with van der Waals surface area (Å²) in [6, 6.07) is 20.1. The van der Waals surface area contributed by atoms with Crippen LogP contribution in [-0.4, -0.2) is 43.0 Å². The summed E-state index contributed by atoms with van der Waals surface area (Å²) < 4.78 is 4.80. The van der Waals surface area contributed by atoms with Crippen molar-refractivity contribution in [3.05, 3.63) is 83.5 Å². The van der Waals surface area contributed by atoms with Gasteiger partial charge in [-0.1, -0.05) is 54.1 Å². The second-order valence-corrected chi connectivity index (χ2v) is 8.84. The SMILES string of the molecule is COC(=O)CC(NC(=O)CNC(=O)CCCCNc1ccccn1)c1ccc(-c2ccc(Cl)cc2)cc1. The van der Waals surface area contributed by atoms with Crippen LogP contribution in [0.3, 0.4) is 0 Å². The first kappa shape index (κ1) is 27.7. The molecule has 1 atom stereocenters. The van der Waals surface area contributed by atoms with Gasteiger partial charge in [-0.3, -0.25) is 14.4 Å². The van der Waals surface area contributed by atoms with E-state index < -0.39 is 12.0 Å². The Morgan fingerprint density at radius 3 is 2.27 bits per heavy atom. The number of nitrogens with zero attached hydrogens (tertiary/aromatic N) is 1. The fraction of sp³-hybridized carbons (Fsp3) is 0.286. The molecule has 1 heterocycles. The summed E-state index contributed by atoms with van der Waals surface area (Å²) in [4.78, 5) is 40.8. The van der Waals surface area contributed by atoms with Crippen LogP contribution in [0.1, 0.15) is 37.3 Å². The van der Waals surface area contributed by atoms with E-state index in [0.717, 1.165) is 28.9 Å². The first-order valence-electron chi connectivity index (χ1n) is 12.1. The molecule has 0 saturated heterocycles. The Hall–Kier alpha value is -3.91. The molecule has 0 saturated carbocycles. The number of nitrogens with one attached hydrogen (secondary N) is 3. The highest BCUT2D eigenvalue weighted by Gasteiger charge is 2.19. The van der Waals surface area contributed by atoms with Gasteiger partial charge in [0, 0.05) is 24.2 Å². The Morgan fingerprint density at radius 1 is 0.919 bits per heavy atom. The maximum Gasteiger partial charge on any atom is 0.307 e. The Morgan fingerprint density at radius 2 is 1.62 bits per heavy atom. The van der Waals surface area contributed by atoms with Gasteiger partial charge in [0.15, 0.2) is 0 Å². The van der Waals surface area contributed by atoms with Crippen molar-refractivity contribution < 1.29 is 19.1 Å². The maximum absolute atomic E-state index is 12.5. The van der Waals surface area contributed by atoms with Gasteiger partial charge in [0.1, 0.15) is 5.82 Å². The number of pyridine rings is 1. The number of hydrogen-bond donors (Lipinski definition) is 3. The maximum atomic E-state index is 12.5. The largest absolute Gasteiger partial charge is 0.469 e. The van der Waals surface area contributed by atoms with Crippen LogP contribution in [0.15, 0.2) is 72.9 Å². The first-order valence-corrected chi connectivity index (χ1v) is 12.5. The van der Waals surface area contributed by atoms with Gasteiger partial charge in [-0.25, -0.2) is 4.98 Å². The summed E-state index contributed by atoms with van der Waals surface area (Å²) in [7, 11) is 1.30. The number of carbonyl (C=O) groups excluding carboxylic acids is 3. The van der Waals surface area contributed by atoms with Crippen molar-refractivity contribution in [1.82, 2.24) is 15.6 Å². The van der Waals surface area contributed by atoms with Crippen molar-refractivity contribution in [1.29, 1.82) is 0 Å². The highest BCUT2D eigenvalue weighted by atomic mass is 35.5. The molecular weight excluding hydrogens is 492 g/mol. The van der Waals surface area contributed by atoms with Gasteiger partial charge in [-0.05, 0) is 53.8 Å². The molecule has 0 aliphatic rings. The molecule has 0 bridgehead atoms. The predicted octanol–water partition coefficient (Wildman–Crippen LogP) is 4.52. The van der Waals surface area contributed by atoms with Gasteiger partial charge in [-0.2, -0.15) is 0 Å². The lowest BCUT2D eigenvalue weighted by atomic mass is 9.99. The standard InChI is InChI=1S/C28H31ClN4O4/c1-37-28(36)18-24(22-10-8-20(9-11-22)21-12-14-23(29)15-13-21)33-27(35)19-32-26(34)7-3-5-17-31-25-6-2-4-16-30-25/h2,4,6,8-16,24H,3,5,7,17-19H2,1H3,(H,30,31)(H,32,34)(H,33,35). The number of amides is 2. The van der Waals surface area contributed by atoms with E-state index in [9.17, 15) is 14.4 Å². The molecular formula is C28H31ClN4O4. The normalized spacial score (nSPS) is 11.3. The van der Waals surface area contributed by atoms with Crippen molar-refractivity contribution >= 4 is 35.2 Å². The van der Waals surface area contributed by atoms with E-state index in [1.807, 2.05) is 66.7 Å². The number of carbonyl (C=O) groups is 3. The molecule has 8 nitrogen and oxygen atoms in total. The number of unbranched alkanes of at least 4 members (excludes halogenated alkanes) is 1. The molecule has 2 amide bonds. The molecule has 0 radical (unpaired) electrons. The molecule has 194 valence electrons. The third-order valence-electron chi connectivity index (χ3n) is 5.67. The van der Waals surface area contributed by atoms with Gasteiger partial charge in [0.2, 0.25) is 11.8 Å². The molecule has 0 aliphatic carbocycles. The second kappa shape index (κ2) is 14.6. The highest BCUT2D eigenvalue weighted by molar-refractivity contribution is 6.30. The number of rotatable bonds is 13. The van der Waals surface area contributed by atoms with E-state index >= 15 is 0 Å². The van der Waals surface area contributed by atoms with Crippen LogP contribution in [0.25, 0.3) is 11.1 Å². The van der Waals surface area contributed by atoms with E-state index in [4.69, 9.17) is 16.3 Å². The number of halogens is 1. The number of hydrogen-bond acceptors (Lipinski definition) is 6. The number of ether oxygens (including phenoxy) is 1. The van der Waals surface area contributed by atoms with E-state index in [0.29, 0.717) is 24.4 Å². The molecule has 0 fully saturated rings. The van der Waals surface area contributed by atoms with Gasteiger partial charge in [0.25, 0.3) is 0 Å². The van der Waals surface area contributed by atoms with Crippen LogP contribution >= 0.6 is 11.6 Å². The smallest absolute Gasteiger partial charge is 0.307 e. The topological polar surface area (TPSA) is 109 Å². The zero-order chi connectivity index (χ0) is 26.5. The van der Waals surface area contributed by atoms with Crippen LogP contribution < -0.4 is 16.0 Å². The van der Waals surface area contributed by atoms with Crippen molar-refractivity contribution in [3.63, 3.8) is 0 Å². The predicted molar refractivity (Wildman–Crippen MR) is 144 cm³/mol. The zero-order valence-electron chi connectivity index (χ0n) is 20.7. The lowest BCUT2D eigenvalue weighted by Crippen LogP contribution is -2.39. The molecule has 1 aromatic heterocycles. The molecule has 37 heavy (non-hydrogen) atoms. The van der Waals surface area contributed by atoms with Crippen LogP contribution in [0.2, 0.25) is 5.02 Å². The summed E-state index contributed by atoms with van der Waals surface area (Å²) in [5.41, 5.74) is 2.73. The van der Waals surface area contributed by atoms with Crippen molar-refractivity contribution in [2.24, 2.45) is 0 Å². The average molecular weight is 523 g/mol. The summed E-state index contributed by atoms with van der Waals surface area (Å²) >= 11 is 5.97. The first-order chi connectivity index (χ1) is 17.9. The fourth-order valence-electron chi connectivity index (χ4n) is 3.66. The number of esters is 1. The molecule has 2 aromatic carbocycles. The Bertz CT molecular complexity index is 1160. The summed E-state index contributed by atoms with van der Waals surface area (Å²) in [6.45, 7) is 0.530. The van der Waals surface area contributed by atoms with Crippen molar-refractivity contribution in [3.8, 4) is 11.1 Å². The quantitative estimate of drug-likeness (QED) is 0.225. The molecule has 9 heteroatoms. The summed E-state index contributed by atoms with van der Waals surface area (Å²) in [5.74, 6) is -0.245. The molecule has 0 spiro atoms. The van der Waals surface area contributed by atoms with Crippen LogP contribution in [0.4, 0.5) is 5.82 Å². The van der Waals surface area contributed by atoms with Crippen molar-refractivity contribution in [2.45, 2.75) is 31.7 Å². The zero-order valence-corrected chi connectivity index (χ0v) is 21.5. The Balaban J connectivity index is 1.46. The molecule has 3 rings (SSSR count). The lowest BCUT2D eigenvalue weighted by molar-refractivity contribution is -0.141. The number of methoxy groups -OCH3 is 1. The number of benzene rings is 2. The number of aromatic nitrogens is 1. The van der Waals surface area contributed by atoms with Gasteiger partial charge < -0.3 is 20.7 Å². The van der Waals surface area contributed by atoms with E-state index in [1.54, 1.807) is 6.20 Å².